The van der Waals surface area contributed by atoms with Crippen molar-refractivity contribution >= 4 is 142 Å². The van der Waals surface area contributed by atoms with Crippen molar-refractivity contribution in [3.05, 3.63) is 58.1 Å². The third kappa shape index (κ3) is 8.96. The van der Waals surface area contributed by atoms with Crippen molar-refractivity contribution in [2.45, 2.75) is 9.79 Å². The van der Waals surface area contributed by atoms with Gasteiger partial charge in [0.15, 0.2) is 0 Å². The molecular formula is C20H17Cl2KN10O6S2. The summed E-state index contributed by atoms with van der Waals surface area (Å²) in [6.45, 7) is 0. The van der Waals surface area contributed by atoms with Gasteiger partial charge in [0.1, 0.15) is 15.0 Å². The second-order valence-electron chi connectivity index (χ2n) is 7.59. The van der Waals surface area contributed by atoms with E-state index in [2.05, 4.69) is 40.5 Å². The van der Waals surface area contributed by atoms with Gasteiger partial charge in [0, 0.05) is 11.4 Å². The topological polar surface area (TPSA) is 265 Å². The van der Waals surface area contributed by atoms with Crippen molar-refractivity contribution in [1.29, 1.82) is 0 Å². The van der Waals surface area contributed by atoms with Crippen LogP contribution >= 0.6 is 23.2 Å². The molecular weight excluding hydrogens is 650 g/mol. The zero-order valence-electron chi connectivity index (χ0n) is 20.5. The molecule has 0 atom stereocenters. The molecule has 0 aliphatic rings. The van der Waals surface area contributed by atoms with Crippen LogP contribution in [0.15, 0.2) is 46.2 Å². The molecule has 0 fully saturated rings. The van der Waals surface area contributed by atoms with Crippen LogP contribution in [0, 0.1) is 0 Å². The normalized spacial score (nSPS) is 11.7. The number of nitrogens with two attached hydrogens (primary N) is 2. The fourth-order valence-electron chi connectivity index (χ4n) is 3.22. The number of nitrogens with zero attached hydrogens (tertiary/aromatic N) is 6. The maximum absolute atomic E-state index is 12.1. The minimum absolute atomic E-state index is 0. The maximum atomic E-state index is 12.1. The first-order valence-corrected chi connectivity index (χ1v) is 14.1. The number of aromatic nitrogens is 6. The molecule has 4 rings (SSSR count). The molecule has 0 saturated heterocycles. The molecule has 16 nitrogen and oxygen atoms in total. The molecule has 4 aromatic rings. The second kappa shape index (κ2) is 13.2. The standard InChI is InChI=1S/C20H16Cl2N10O6S2.K.H/c21-15-27-17(23)31-19(29-15)25-11-5-3-9(13(7-11)39(33,34)35)1-2-10-4-6-12(8-14(10)40(36,37)38)26-20-30-16(22)28-18(24)32-20;;/h1-8H,(H,33,34,35)(H,36,37,38)(H3,23,25,27,29,31)(H3,24,26,28,30,32);;. The number of halogens is 2. The van der Waals surface area contributed by atoms with Crippen LogP contribution in [0.5, 0.6) is 0 Å². The van der Waals surface area contributed by atoms with E-state index in [1.54, 1.807) is 0 Å². The number of nitrogen functional groups attached to an aromatic ring is 2. The summed E-state index contributed by atoms with van der Waals surface area (Å²) in [4.78, 5) is 21.2. The molecule has 0 unspecified atom stereocenters. The van der Waals surface area contributed by atoms with Gasteiger partial charge in [-0.25, -0.2) is 8.42 Å². The summed E-state index contributed by atoms with van der Waals surface area (Å²) < 4.78 is 69.9. The van der Waals surface area contributed by atoms with Gasteiger partial charge in [-0.2, -0.15) is 38.3 Å². The Labute approximate surface area is 286 Å². The molecule has 210 valence electrons. The molecule has 0 aliphatic heterocycles. The van der Waals surface area contributed by atoms with E-state index >= 15 is 0 Å². The molecule has 0 saturated carbocycles. The average Bonchev–Trinajstić information content (AvgIpc) is 2.81. The Hall–Kier alpha value is -2.56. The number of nitrogens with one attached hydrogen (secondary N) is 2. The van der Waals surface area contributed by atoms with E-state index < -0.39 is 30.0 Å². The van der Waals surface area contributed by atoms with Gasteiger partial charge >= 0.3 is 52.8 Å². The number of benzene rings is 2. The molecule has 0 aliphatic carbocycles. The third-order valence-corrected chi connectivity index (χ3v) is 6.92. The van der Waals surface area contributed by atoms with E-state index in [0.717, 1.165) is 12.1 Å². The Morgan fingerprint density at radius 2 is 1.17 bits per heavy atom. The summed E-state index contributed by atoms with van der Waals surface area (Å²) >= 11 is 11.5. The first-order chi connectivity index (χ1) is 18.7. The van der Waals surface area contributed by atoms with Crippen LogP contribution in [0.3, 0.4) is 0 Å². The van der Waals surface area contributed by atoms with Gasteiger partial charge in [-0.1, -0.05) is 24.3 Å². The van der Waals surface area contributed by atoms with E-state index in [-0.39, 0.29) is 110 Å². The Bertz CT molecular complexity index is 1710. The molecule has 2 aromatic heterocycles. The van der Waals surface area contributed by atoms with E-state index in [0.29, 0.717) is 0 Å². The molecule has 0 spiro atoms. The summed E-state index contributed by atoms with van der Waals surface area (Å²) in [6.07, 6.45) is 2.37. The van der Waals surface area contributed by atoms with Crippen molar-refractivity contribution in [1.82, 2.24) is 29.9 Å². The molecule has 0 radical (unpaired) electrons. The van der Waals surface area contributed by atoms with Gasteiger partial charge in [0.05, 0.1) is 4.90 Å². The summed E-state index contributed by atoms with van der Waals surface area (Å²) in [5, 5.41) is 4.90. The van der Waals surface area contributed by atoms with Crippen molar-refractivity contribution < 1.29 is 27.4 Å². The van der Waals surface area contributed by atoms with Gasteiger partial charge in [-0.3, -0.25) is 4.55 Å². The van der Waals surface area contributed by atoms with E-state index in [1.807, 2.05) is 0 Å². The third-order valence-electron chi connectivity index (χ3n) is 4.78. The van der Waals surface area contributed by atoms with Crippen LogP contribution in [0.2, 0.25) is 10.6 Å². The Balaban J connectivity index is 0.00000308. The molecule has 2 heterocycles. The van der Waals surface area contributed by atoms with E-state index in [9.17, 15) is 25.9 Å². The van der Waals surface area contributed by atoms with Crippen LogP contribution in [0.1, 0.15) is 12.6 Å². The number of rotatable bonds is 8. The molecule has 0 bridgehead atoms. The zero-order valence-corrected chi connectivity index (χ0v) is 22.7. The van der Waals surface area contributed by atoms with Crippen LogP contribution in [-0.2, 0) is 20.2 Å². The summed E-state index contributed by atoms with van der Waals surface area (Å²) in [6, 6.07) is 7.44. The Morgan fingerprint density at radius 1 is 0.756 bits per heavy atom. The Kier molecular flexibility index (Phi) is 10.6. The van der Waals surface area contributed by atoms with Gasteiger partial charge in [0.25, 0.3) is 10.1 Å². The van der Waals surface area contributed by atoms with Gasteiger partial charge < -0.3 is 26.7 Å². The van der Waals surface area contributed by atoms with Crippen molar-refractivity contribution in [3.8, 4) is 0 Å². The van der Waals surface area contributed by atoms with Crippen LogP contribution in [-0.4, -0.2) is 107 Å². The van der Waals surface area contributed by atoms with E-state index in [1.165, 1.54) is 36.4 Å². The molecule has 21 heteroatoms. The number of hydrogen-bond donors (Lipinski definition) is 5. The summed E-state index contributed by atoms with van der Waals surface area (Å²) in [7, 11) is -9.80. The van der Waals surface area contributed by atoms with Gasteiger partial charge in [0.2, 0.25) is 34.4 Å². The van der Waals surface area contributed by atoms with Crippen molar-refractivity contribution in [2.24, 2.45) is 0 Å². The monoisotopic (exact) mass is 666 g/mol. The molecule has 0 amide bonds. The van der Waals surface area contributed by atoms with Gasteiger partial charge in [-0.15, -0.1) is 0 Å². The van der Waals surface area contributed by atoms with Gasteiger partial charge in [-0.05, 0) is 58.6 Å². The number of anilines is 6. The predicted molar refractivity (Wildman–Crippen MR) is 153 cm³/mol. The summed E-state index contributed by atoms with van der Waals surface area (Å²) in [5.41, 5.74) is 11.1. The van der Waals surface area contributed by atoms with Crippen LogP contribution in [0.25, 0.3) is 12.2 Å². The molecule has 2 aromatic carbocycles. The second-order valence-corrected chi connectivity index (χ2v) is 11.0. The quantitative estimate of drug-likeness (QED) is 0.102. The van der Waals surface area contributed by atoms with Crippen molar-refractivity contribution in [3.63, 3.8) is 0 Å². The van der Waals surface area contributed by atoms with Crippen LogP contribution < -0.4 is 22.1 Å². The average molecular weight is 668 g/mol. The SMILES string of the molecule is Nc1nc(Cl)nc(Nc2ccc(C=Cc3ccc(Nc4nc(N)nc(Cl)n4)cc3S(=O)(=O)O)c(S(=O)(=O)[O-])c2)n1.[H+].[KH]. The first kappa shape index (κ1) is 32.9. The molecule has 7 N–H and O–H groups in total. The predicted octanol–water partition coefficient (Wildman–Crippen LogP) is 1.80. The van der Waals surface area contributed by atoms with E-state index in [4.69, 9.17) is 34.7 Å². The summed E-state index contributed by atoms with van der Waals surface area (Å²) in [5.74, 6) is -0.591. The minimum atomic E-state index is -5.02. The fraction of sp³-hybridized carbons (Fsp3) is 0. The fourth-order valence-corrected chi connectivity index (χ4v) is 4.96. The number of hydrogen-bond acceptors (Lipinski definition) is 15. The zero-order chi connectivity index (χ0) is 29.2. The first-order valence-electron chi connectivity index (χ1n) is 10.4. The van der Waals surface area contributed by atoms with Crippen molar-refractivity contribution in [2.75, 3.05) is 22.1 Å². The van der Waals surface area contributed by atoms with Crippen LogP contribution in [0.4, 0.5) is 35.2 Å². The Morgan fingerprint density at radius 3 is 1.56 bits per heavy atom. The molecule has 41 heavy (non-hydrogen) atoms.